The molecule has 2 heterocycles. The van der Waals surface area contributed by atoms with Crippen molar-refractivity contribution in [3.63, 3.8) is 0 Å². The standard InChI is InChI=1S/C22H20ClN3O3/c1-14-19-8-5-11-25(19)20-7-4-3-6-15(20)13-26(14)22(28)24-18-12-16(23)9-10-17(18)21(27)29-2/h3-12,14H,13H2,1-2H3,(H,24,28)/t14-/m0/s1. The second-order valence-corrected chi connectivity index (χ2v) is 7.28. The molecule has 1 aliphatic heterocycles. The van der Waals surface area contributed by atoms with Crippen LogP contribution < -0.4 is 5.32 Å². The molecule has 3 aromatic rings. The summed E-state index contributed by atoms with van der Waals surface area (Å²) in [5, 5.41) is 3.25. The number of carbonyl (C=O) groups excluding carboxylic acids is 2. The molecule has 148 valence electrons. The maximum absolute atomic E-state index is 13.3. The van der Waals surface area contributed by atoms with Gasteiger partial charge in [-0.05, 0) is 48.9 Å². The first kappa shape index (κ1) is 19.1. The van der Waals surface area contributed by atoms with Crippen LogP contribution in [0.2, 0.25) is 5.02 Å². The Morgan fingerprint density at radius 2 is 1.93 bits per heavy atom. The lowest BCUT2D eigenvalue weighted by Gasteiger charge is -2.28. The average molecular weight is 410 g/mol. The summed E-state index contributed by atoms with van der Waals surface area (Å²) in [4.78, 5) is 27.1. The van der Waals surface area contributed by atoms with E-state index in [9.17, 15) is 9.59 Å². The predicted octanol–water partition coefficient (Wildman–Crippen LogP) is 5.03. The first-order chi connectivity index (χ1) is 14.0. The number of aromatic nitrogens is 1. The van der Waals surface area contributed by atoms with Gasteiger partial charge in [-0.2, -0.15) is 0 Å². The van der Waals surface area contributed by atoms with Gasteiger partial charge in [-0.25, -0.2) is 9.59 Å². The number of anilines is 1. The summed E-state index contributed by atoms with van der Waals surface area (Å²) in [6.45, 7) is 2.41. The molecule has 0 fully saturated rings. The van der Waals surface area contributed by atoms with Crippen molar-refractivity contribution in [2.45, 2.75) is 19.5 Å². The SMILES string of the molecule is COC(=O)c1ccc(Cl)cc1NC(=O)N1Cc2ccccc2-n2cccc2[C@@H]1C. The minimum absolute atomic E-state index is 0.182. The largest absolute Gasteiger partial charge is 0.465 e. The van der Waals surface area contributed by atoms with Crippen LogP contribution in [0.1, 0.15) is 34.6 Å². The summed E-state index contributed by atoms with van der Waals surface area (Å²) in [5.74, 6) is -0.542. The highest BCUT2D eigenvalue weighted by atomic mass is 35.5. The summed E-state index contributed by atoms with van der Waals surface area (Å²) in [5.41, 5.74) is 3.65. The molecule has 2 aromatic carbocycles. The minimum Gasteiger partial charge on any atom is -0.465 e. The number of esters is 1. The zero-order chi connectivity index (χ0) is 20.5. The van der Waals surface area contributed by atoms with Crippen LogP contribution in [0.4, 0.5) is 10.5 Å². The summed E-state index contributed by atoms with van der Waals surface area (Å²) in [6.07, 6.45) is 2.00. The zero-order valence-electron chi connectivity index (χ0n) is 16.1. The number of methoxy groups -OCH3 is 1. The molecular weight excluding hydrogens is 390 g/mol. The maximum Gasteiger partial charge on any atom is 0.339 e. The lowest BCUT2D eigenvalue weighted by atomic mass is 10.1. The monoisotopic (exact) mass is 409 g/mol. The molecule has 0 saturated heterocycles. The lowest BCUT2D eigenvalue weighted by Crippen LogP contribution is -2.36. The van der Waals surface area contributed by atoms with Gasteiger partial charge in [0, 0.05) is 16.9 Å². The summed E-state index contributed by atoms with van der Waals surface area (Å²) in [7, 11) is 1.30. The van der Waals surface area contributed by atoms with Crippen LogP contribution in [-0.2, 0) is 11.3 Å². The van der Waals surface area contributed by atoms with E-state index in [1.54, 1.807) is 17.0 Å². The van der Waals surface area contributed by atoms with Crippen molar-refractivity contribution < 1.29 is 14.3 Å². The van der Waals surface area contributed by atoms with Crippen LogP contribution in [0.3, 0.4) is 0 Å². The van der Waals surface area contributed by atoms with Gasteiger partial charge in [-0.1, -0.05) is 29.8 Å². The number of hydrogen-bond acceptors (Lipinski definition) is 3. The number of hydrogen-bond donors (Lipinski definition) is 1. The third kappa shape index (κ3) is 3.47. The van der Waals surface area contributed by atoms with Crippen LogP contribution in [0.5, 0.6) is 0 Å². The van der Waals surface area contributed by atoms with Gasteiger partial charge in [0.25, 0.3) is 0 Å². The van der Waals surface area contributed by atoms with Crippen LogP contribution in [-0.4, -0.2) is 28.6 Å². The Labute approximate surface area is 173 Å². The van der Waals surface area contributed by atoms with E-state index in [0.29, 0.717) is 17.3 Å². The van der Waals surface area contributed by atoms with Crippen molar-refractivity contribution >= 4 is 29.3 Å². The Kier molecular flexibility index (Phi) is 5.03. The van der Waals surface area contributed by atoms with Crippen LogP contribution in [0, 0.1) is 0 Å². The molecule has 1 atom stereocenters. The van der Waals surface area contributed by atoms with Crippen molar-refractivity contribution in [3.05, 3.63) is 82.6 Å². The Bertz CT molecular complexity index is 1090. The second-order valence-electron chi connectivity index (χ2n) is 6.85. The Morgan fingerprint density at radius 3 is 2.72 bits per heavy atom. The Morgan fingerprint density at radius 1 is 1.14 bits per heavy atom. The van der Waals surface area contributed by atoms with Gasteiger partial charge < -0.3 is 19.5 Å². The smallest absolute Gasteiger partial charge is 0.339 e. The number of ether oxygens (including phenoxy) is 1. The number of carbonyl (C=O) groups is 2. The Hall–Kier alpha value is -3.25. The number of fused-ring (bicyclic) bond motifs is 3. The molecule has 0 unspecified atom stereocenters. The number of urea groups is 1. The number of halogens is 1. The maximum atomic E-state index is 13.3. The van der Waals surface area contributed by atoms with Crippen LogP contribution >= 0.6 is 11.6 Å². The second kappa shape index (κ2) is 7.64. The number of amides is 2. The molecule has 0 aliphatic carbocycles. The fraction of sp³-hybridized carbons (Fsp3) is 0.182. The van der Waals surface area contributed by atoms with E-state index in [2.05, 4.69) is 9.88 Å². The lowest BCUT2D eigenvalue weighted by molar-refractivity contribution is 0.0602. The molecule has 6 nitrogen and oxygen atoms in total. The summed E-state index contributed by atoms with van der Waals surface area (Å²) in [6, 6.07) is 16.1. The highest BCUT2D eigenvalue weighted by molar-refractivity contribution is 6.31. The topological polar surface area (TPSA) is 63.6 Å². The Balaban J connectivity index is 1.70. The molecule has 2 amide bonds. The van der Waals surface area contributed by atoms with Crippen LogP contribution in [0.15, 0.2) is 60.8 Å². The van der Waals surface area contributed by atoms with Gasteiger partial charge in [0.15, 0.2) is 0 Å². The van der Waals surface area contributed by atoms with E-state index < -0.39 is 5.97 Å². The molecule has 4 rings (SSSR count). The molecule has 0 bridgehead atoms. The third-order valence-electron chi connectivity index (χ3n) is 5.16. The van der Waals surface area contributed by atoms with E-state index in [1.807, 2.05) is 49.5 Å². The summed E-state index contributed by atoms with van der Waals surface area (Å²) < 4.78 is 6.92. The third-order valence-corrected chi connectivity index (χ3v) is 5.39. The molecular formula is C22H20ClN3O3. The molecule has 29 heavy (non-hydrogen) atoms. The van der Waals surface area contributed by atoms with E-state index in [0.717, 1.165) is 16.9 Å². The van der Waals surface area contributed by atoms with Crippen LogP contribution in [0.25, 0.3) is 5.69 Å². The minimum atomic E-state index is -0.542. The van der Waals surface area contributed by atoms with Crippen molar-refractivity contribution in [2.75, 3.05) is 12.4 Å². The molecule has 1 aliphatic rings. The first-order valence-corrected chi connectivity index (χ1v) is 9.58. The molecule has 1 N–H and O–H groups in total. The van der Waals surface area contributed by atoms with Crippen molar-refractivity contribution in [3.8, 4) is 5.69 Å². The van der Waals surface area contributed by atoms with Gasteiger partial charge in [0.1, 0.15) is 0 Å². The number of nitrogens with zero attached hydrogens (tertiary/aromatic N) is 2. The highest BCUT2D eigenvalue weighted by Crippen LogP contribution is 2.32. The molecule has 0 spiro atoms. The van der Waals surface area contributed by atoms with E-state index in [1.165, 1.54) is 13.2 Å². The first-order valence-electron chi connectivity index (χ1n) is 9.20. The van der Waals surface area contributed by atoms with Gasteiger partial charge in [-0.15, -0.1) is 0 Å². The van der Waals surface area contributed by atoms with E-state index in [-0.39, 0.29) is 17.6 Å². The van der Waals surface area contributed by atoms with Gasteiger partial charge in [0.2, 0.25) is 0 Å². The number of nitrogens with one attached hydrogen (secondary N) is 1. The van der Waals surface area contributed by atoms with Crippen molar-refractivity contribution in [1.82, 2.24) is 9.47 Å². The van der Waals surface area contributed by atoms with E-state index >= 15 is 0 Å². The molecule has 7 heteroatoms. The fourth-order valence-electron chi connectivity index (χ4n) is 3.66. The summed E-state index contributed by atoms with van der Waals surface area (Å²) >= 11 is 6.09. The molecule has 0 radical (unpaired) electrons. The molecule has 1 aromatic heterocycles. The predicted molar refractivity (Wildman–Crippen MR) is 112 cm³/mol. The zero-order valence-corrected chi connectivity index (χ0v) is 16.8. The number of benzene rings is 2. The average Bonchev–Trinajstić information content (AvgIpc) is 3.17. The normalized spacial score (nSPS) is 15.1. The van der Waals surface area contributed by atoms with Gasteiger partial charge >= 0.3 is 12.0 Å². The molecule has 0 saturated carbocycles. The highest BCUT2D eigenvalue weighted by Gasteiger charge is 2.29. The number of para-hydroxylation sites is 1. The van der Waals surface area contributed by atoms with E-state index in [4.69, 9.17) is 16.3 Å². The number of rotatable bonds is 2. The fourth-order valence-corrected chi connectivity index (χ4v) is 3.83. The van der Waals surface area contributed by atoms with Gasteiger partial charge in [0.05, 0.1) is 36.6 Å². The quantitative estimate of drug-likeness (QED) is 0.604. The van der Waals surface area contributed by atoms with Gasteiger partial charge in [-0.3, -0.25) is 0 Å². The van der Waals surface area contributed by atoms with Crippen molar-refractivity contribution in [2.24, 2.45) is 0 Å². The van der Waals surface area contributed by atoms with Crippen molar-refractivity contribution in [1.29, 1.82) is 0 Å².